The normalized spacial score (nSPS) is 10.2. The molecule has 0 atom stereocenters. The van der Waals surface area contributed by atoms with Gasteiger partial charge in [0.15, 0.2) is 11.5 Å². The van der Waals surface area contributed by atoms with Crippen molar-refractivity contribution < 1.29 is 9.47 Å². The number of aryl methyl sites for hydroxylation is 1. The van der Waals surface area contributed by atoms with Crippen molar-refractivity contribution in [3.8, 4) is 11.5 Å². The molecule has 0 saturated heterocycles. The number of nitrogens with one attached hydrogen (secondary N) is 1. The highest BCUT2D eigenvalue weighted by Crippen LogP contribution is 2.28. The Kier molecular flexibility index (Phi) is 4.35. The lowest BCUT2D eigenvalue weighted by Crippen LogP contribution is -2.02. The molecule has 0 unspecified atom stereocenters. The zero-order valence-electron chi connectivity index (χ0n) is 12.1. The summed E-state index contributed by atoms with van der Waals surface area (Å²) >= 11 is 0. The van der Waals surface area contributed by atoms with E-state index < -0.39 is 0 Å². The molecule has 106 valence electrons. The number of nitrogen functional groups attached to an aromatic ring is 1. The molecule has 0 aliphatic rings. The lowest BCUT2D eigenvalue weighted by Gasteiger charge is -2.12. The molecule has 0 aliphatic heterocycles. The molecule has 0 bridgehead atoms. The van der Waals surface area contributed by atoms with Crippen LogP contribution in [0.5, 0.6) is 11.5 Å². The van der Waals surface area contributed by atoms with E-state index in [4.69, 9.17) is 15.2 Å². The van der Waals surface area contributed by atoms with Crippen molar-refractivity contribution in [2.24, 2.45) is 0 Å². The molecule has 20 heavy (non-hydrogen) atoms. The molecule has 0 amide bonds. The topological polar surface area (TPSA) is 56.5 Å². The van der Waals surface area contributed by atoms with Crippen LogP contribution in [0.3, 0.4) is 0 Å². The number of hydrogen-bond donors (Lipinski definition) is 2. The summed E-state index contributed by atoms with van der Waals surface area (Å²) in [5.74, 6) is 1.47. The first-order chi connectivity index (χ1) is 9.63. The summed E-state index contributed by atoms with van der Waals surface area (Å²) in [5.41, 5.74) is 9.86. The van der Waals surface area contributed by atoms with Gasteiger partial charge in [0.1, 0.15) is 0 Å². The van der Waals surface area contributed by atoms with E-state index in [0.717, 1.165) is 34.0 Å². The molecule has 0 radical (unpaired) electrons. The summed E-state index contributed by atoms with van der Waals surface area (Å²) in [6, 6.07) is 11.7. The quantitative estimate of drug-likeness (QED) is 0.821. The maximum atomic E-state index is 5.75. The first-order valence-corrected chi connectivity index (χ1v) is 6.45. The fraction of sp³-hybridized carbons (Fsp3) is 0.250. The van der Waals surface area contributed by atoms with Gasteiger partial charge in [0.05, 0.1) is 14.2 Å². The standard InChI is InChI=1S/C16H20N2O2/c1-11-8-13(17)5-6-14(11)18-10-12-4-7-15(19-2)16(9-12)20-3/h4-9,18H,10,17H2,1-3H3. The maximum Gasteiger partial charge on any atom is 0.161 e. The number of hydrogen-bond acceptors (Lipinski definition) is 4. The molecule has 4 nitrogen and oxygen atoms in total. The van der Waals surface area contributed by atoms with Crippen molar-refractivity contribution in [2.45, 2.75) is 13.5 Å². The SMILES string of the molecule is COc1ccc(CNc2ccc(N)cc2C)cc1OC. The molecule has 4 heteroatoms. The Labute approximate surface area is 119 Å². The van der Waals surface area contributed by atoms with E-state index in [1.54, 1.807) is 14.2 Å². The van der Waals surface area contributed by atoms with Gasteiger partial charge in [-0.1, -0.05) is 6.07 Å². The van der Waals surface area contributed by atoms with Crippen molar-refractivity contribution >= 4 is 11.4 Å². The fourth-order valence-corrected chi connectivity index (χ4v) is 2.07. The van der Waals surface area contributed by atoms with Crippen LogP contribution in [0.15, 0.2) is 36.4 Å². The minimum atomic E-state index is 0.713. The van der Waals surface area contributed by atoms with Gasteiger partial charge in [-0.05, 0) is 48.4 Å². The average Bonchev–Trinajstić information content (AvgIpc) is 2.46. The lowest BCUT2D eigenvalue weighted by atomic mass is 10.1. The molecular formula is C16H20N2O2. The number of anilines is 2. The van der Waals surface area contributed by atoms with Crippen LogP contribution in [0.1, 0.15) is 11.1 Å². The Balaban J connectivity index is 2.10. The highest BCUT2D eigenvalue weighted by molar-refractivity contribution is 5.57. The predicted molar refractivity (Wildman–Crippen MR) is 82.5 cm³/mol. The Hall–Kier alpha value is -2.36. The van der Waals surface area contributed by atoms with Crippen LogP contribution in [0.2, 0.25) is 0 Å². The summed E-state index contributed by atoms with van der Waals surface area (Å²) in [5, 5.41) is 3.39. The van der Waals surface area contributed by atoms with Crippen LogP contribution in [-0.2, 0) is 6.54 Å². The second kappa shape index (κ2) is 6.19. The van der Waals surface area contributed by atoms with Crippen LogP contribution in [-0.4, -0.2) is 14.2 Å². The van der Waals surface area contributed by atoms with Gasteiger partial charge in [0.25, 0.3) is 0 Å². The Morgan fingerprint density at radius 3 is 2.40 bits per heavy atom. The average molecular weight is 272 g/mol. The fourth-order valence-electron chi connectivity index (χ4n) is 2.07. The molecule has 0 saturated carbocycles. The molecule has 0 fully saturated rings. The minimum absolute atomic E-state index is 0.713. The van der Waals surface area contributed by atoms with E-state index in [1.807, 2.05) is 43.3 Å². The van der Waals surface area contributed by atoms with Crippen LogP contribution in [0.4, 0.5) is 11.4 Å². The van der Waals surface area contributed by atoms with E-state index in [2.05, 4.69) is 5.32 Å². The number of benzene rings is 2. The van der Waals surface area contributed by atoms with Crippen molar-refractivity contribution in [3.05, 3.63) is 47.5 Å². The molecule has 2 rings (SSSR count). The Morgan fingerprint density at radius 2 is 1.75 bits per heavy atom. The Bertz CT molecular complexity index is 597. The van der Waals surface area contributed by atoms with Gasteiger partial charge in [-0.15, -0.1) is 0 Å². The van der Waals surface area contributed by atoms with Crippen LogP contribution >= 0.6 is 0 Å². The summed E-state index contributed by atoms with van der Waals surface area (Å²) in [4.78, 5) is 0. The van der Waals surface area contributed by atoms with Crippen LogP contribution in [0.25, 0.3) is 0 Å². The smallest absolute Gasteiger partial charge is 0.161 e. The van der Waals surface area contributed by atoms with Crippen molar-refractivity contribution in [1.29, 1.82) is 0 Å². The highest BCUT2D eigenvalue weighted by Gasteiger charge is 2.05. The molecule has 0 aromatic heterocycles. The first-order valence-electron chi connectivity index (χ1n) is 6.45. The summed E-state index contributed by atoms with van der Waals surface area (Å²) in [6.07, 6.45) is 0. The molecule has 0 aliphatic carbocycles. The van der Waals surface area contributed by atoms with Crippen LogP contribution < -0.4 is 20.5 Å². The summed E-state index contributed by atoms with van der Waals surface area (Å²) < 4.78 is 10.5. The molecule has 2 aromatic carbocycles. The van der Waals surface area contributed by atoms with E-state index >= 15 is 0 Å². The molecule has 2 aromatic rings. The molecular weight excluding hydrogens is 252 g/mol. The Morgan fingerprint density at radius 1 is 1.00 bits per heavy atom. The van der Waals surface area contributed by atoms with Gasteiger partial charge in [-0.3, -0.25) is 0 Å². The van der Waals surface area contributed by atoms with Gasteiger partial charge < -0.3 is 20.5 Å². The summed E-state index contributed by atoms with van der Waals surface area (Å²) in [7, 11) is 3.27. The number of rotatable bonds is 5. The number of methoxy groups -OCH3 is 2. The van der Waals surface area contributed by atoms with Gasteiger partial charge in [0.2, 0.25) is 0 Å². The van der Waals surface area contributed by atoms with Gasteiger partial charge in [0, 0.05) is 17.9 Å². The second-order valence-electron chi connectivity index (χ2n) is 4.62. The van der Waals surface area contributed by atoms with E-state index in [1.165, 1.54) is 0 Å². The van der Waals surface area contributed by atoms with Gasteiger partial charge in [-0.2, -0.15) is 0 Å². The van der Waals surface area contributed by atoms with E-state index in [9.17, 15) is 0 Å². The zero-order valence-corrected chi connectivity index (χ0v) is 12.1. The largest absolute Gasteiger partial charge is 0.493 e. The highest BCUT2D eigenvalue weighted by atomic mass is 16.5. The predicted octanol–water partition coefficient (Wildman–Crippen LogP) is 3.21. The maximum absolute atomic E-state index is 5.75. The molecule has 3 N–H and O–H groups in total. The summed E-state index contributed by atoms with van der Waals surface area (Å²) in [6.45, 7) is 2.75. The lowest BCUT2D eigenvalue weighted by molar-refractivity contribution is 0.354. The molecule has 0 spiro atoms. The van der Waals surface area contributed by atoms with Crippen molar-refractivity contribution in [3.63, 3.8) is 0 Å². The van der Waals surface area contributed by atoms with Crippen molar-refractivity contribution in [2.75, 3.05) is 25.3 Å². The third-order valence-corrected chi connectivity index (χ3v) is 3.18. The van der Waals surface area contributed by atoms with Gasteiger partial charge >= 0.3 is 0 Å². The minimum Gasteiger partial charge on any atom is -0.493 e. The molecule has 0 heterocycles. The third-order valence-electron chi connectivity index (χ3n) is 3.18. The zero-order chi connectivity index (χ0) is 14.5. The third kappa shape index (κ3) is 3.15. The van der Waals surface area contributed by atoms with Crippen molar-refractivity contribution in [1.82, 2.24) is 0 Å². The van der Waals surface area contributed by atoms with Crippen LogP contribution in [0, 0.1) is 6.92 Å². The number of ether oxygens (including phenoxy) is 2. The van der Waals surface area contributed by atoms with Gasteiger partial charge in [-0.25, -0.2) is 0 Å². The van der Waals surface area contributed by atoms with E-state index in [0.29, 0.717) is 6.54 Å². The monoisotopic (exact) mass is 272 g/mol. The van der Waals surface area contributed by atoms with E-state index in [-0.39, 0.29) is 0 Å². The number of nitrogens with two attached hydrogens (primary N) is 1. The second-order valence-corrected chi connectivity index (χ2v) is 4.62. The first kappa shape index (κ1) is 14.1.